The Morgan fingerprint density at radius 2 is 1.83 bits per heavy atom. The van der Waals surface area contributed by atoms with E-state index in [0.717, 1.165) is 10.4 Å². The number of ketones is 1. The number of Topliss-reactive ketones (excluding diaryl/α,β-unsaturated/α-hetero) is 1. The van der Waals surface area contributed by atoms with Crippen LogP contribution in [0.2, 0.25) is 0 Å². The van der Waals surface area contributed by atoms with Crippen molar-refractivity contribution in [1.82, 2.24) is 30.1 Å². The van der Waals surface area contributed by atoms with Crippen molar-refractivity contribution in [3.05, 3.63) is 102 Å². The number of H-pyrrole nitrogens is 2. The number of hydrogen-bond donors (Lipinski definition) is 3. The third-order valence-electron chi connectivity index (χ3n) is 6.82. The normalized spacial score (nSPS) is 11.3. The van der Waals surface area contributed by atoms with E-state index in [2.05, 4.69) is 30.5 Å². The van der Waals surface area contributed by atoms with Crippen LogP contribution in [0.5, 0.6) is 0 Å². The molecule has 7 aromatic rings. The Labute approximate surface area is 241 Å². The number of benzene rings is 2. The number of imidazole rings is 1. The third-order valence-corrected chi connectivity index (χ3v) is 8.04. The van der Waals surface area contributed by atoms with Crippen molar-refractivity contribution in [2.45, 2.75) is 6.92 Å². The second-order valence-electron chi connectivity index (χ2n) is 9.59. The molecule has 0 saturated heterocycles. The first kappa shape index (κ1) is 25.4. The molecular formula is C31H20FN7O2S. The number of aromatic nitrogens is 6. The number of pyridine rings is 2. The lowest BCUT2D eigenvalue weighted by Gasteiger charge is -2.08. The molecule has 7 rings (SSSR count). The van der Waals surface area contributed by atoms with Gasteiger partial charge in [-0.2, -0.15) is 5.10 Å². The van der Waals surface area contributed by atoms with Crippen LogP contribution in [0.15, 0.2) is 85.3 Å². The Balaban J connectivity index is 1.27. The average molecular weight is 574 g/mol. The van der Waals surface area contributed by atoms with Crippen molar-refractivity contribution in [2.24, 2.45) is 0 Å². The van der Waals surface area contributed by atoms with Crippen molar-refractivity contribution in [2.75, 3.05) is 5.32 Å². The first-order valence-electron chi connectivity index (χ1n) is 12.9. The highest BCUT2D eigenvalue weighted by Gasteiger charge is 2.19. The highest BCUT2D eigenvalue weighted by Crippen LogP contribution is 2.36. The van der Waals surface area contributed by atoms with Crippen molar-refractivity contribution < 1.29 is 14.0 Å². The summed E-state index contributed by atoms with van der Waals surface area (Å²) < 4.78 is 15.3. The largest absolute Gasteiger partial charge is 0.321 e. The van der Waals surface area contributed by atoms with Gasteiger partial charge < -0.3 is 10.3 Å². The van der Waals surface area contributed by atoms with Crippen LogP contribution in [0, 0.1) is 5.82 Å². The van der Waals surface area contributed by atoms with E-state index in [1.165, 1.54) is 36.7 Å². The Kier molecular flexibility index (Phi) is 6.13. The summed E-state index contributed by atoms with van der Waals surface area (Å²) in [4.78, 5) is 42.7. The maximum atomic E-state index is 15.3. The highest BCUT2D eigenvalue weighted by atomic mass is 32.1. The summed E-state index contributed by atoms with van der Waals surface area (Å²) in [7, 11) is 0. The lowest BCUT2D eigenvalue weighted by molar-refractivity contribution is 0.101. The van der Waals surface area contributed by atoms with Crippen LogP contribution in [0.4, 0.5) is 10.1 Å². The van der Waals surface area contributed by atoms with Crippen LogP contribution >= 0.6 is 11.3 Å². The van der Waals surface area contributed by atoms with E-state index in [4.69, 9.17) is 4.98 Å². The molecule has 0 atom stereocenters. The zero-order chi connectivity index (χ0) is 28.8. The fourth-order valence-corrected chi connectivity index (χ4v) is 5.71. The SMILES string of the molecule is CC(=O)c1ccc(-c2ccnc3[nH]c(-c4n[nH]c5cc(F)c(-c6cncc(NC(=O)c7ccccc7)c6)cc45)nc23)s1. The second kappa shape index (κ2) is 10.1. The molecule has 2 aromatic carbocycles. The lowest BCUT2D eigenvalue weighted by atomic mass is 10.0. The molecule has 3 N–H and O–H groups in total. The Morgan fingerprint density at radius 1 is 0.976 bits per heavy atom. The molecule has 9 nitrogen and oxygen atoms in total. The number of aromatic amines is 2. The number of carbonyl (C=O) groups is 2. The topological polar surface area (TPSA) is 129 Å². The van der Waals surface area contributed by atoms with E-state index in [-0.39, 0.29) is 11.7 Å². The van der Waals surface area contributed by atoms with E-state index in [1.54, 1.807) is 48.7 Å². The van der Waals surface area contributed by atoms with Gasteiger partial charge in [0, 0.05) is 51.0 Å². The van der Waals surface area contributed by atoms with Crippen molar-refractivity contribution >= 4 is 50.8 Å². The number of carbonyl (C=O) groups excluding carboxylic acids is 2. The molecule has 0 radical (unpaired) electrons. The Morgan fingerprint density at radius 3 is 2.64 bits per heavy atom. The molecule has 0 spiro atoms. The smallest absolute Gasteiger partial charge is 0.255 e. The van der Waals surface area contributed by atoms with Crippen LogP contribution in [-0.4, -0.2) is 41.8 Å². The first-order chi connectivity index (χ1) is 20.4. The highest BCUT2D eigenvalue weighted by molar-refractivity contribution is 7.17. The molecular weight excluding hydrogens is 553 g/mol. The van der Waals surface area contributed by atoms with Crippen LogP contribution in [-0.2, 0) is 0 Å². The number of anilines is 1. The summed E-state index contributed by atoms with van der Waals surface area (Å²) >= 11 is 1.40. The monoisotopic (exact) mass is 573 g/mol. The summed E-state index contributed by atoms with van der Waals surface area (Å²) in [5.74, 6) is -0.303. The zero-order valence-corrected chi connectivity index (χ0v) is 22.8. The summed E-state index contributed by atoms with van der Waals surface area (Å²) in [6.07, 6.45) is 4.73. The van der Waals surface area contributed by atoms with Gasteiger partial charge in [-0.1, -0.05) is 18.2 Å². The Bertz CT molecular complexity index is 2150. The standard InChI is InChI=1S/C31H20FN7O2S/c1-16(40)25-7-8-26(42-25)20-9-10-34-29-27(20)36-30(37-29)28-22-12-21(23(32)13-24(22)38-39-28)18-11-19(15-33-14-18)35-31(41)17-5-3-2-4-6-17/h2-15H,1H3,(H,35,41)(H,38,39)(H,34,36,37). The molecule has 0 fully saturated rings. The van der Waals surface area contributed by atoms with Crippen LogP contribution in [0.3, 0.4) is 0 Å². The minimum absolute atomic E-state index is 0.00427. The predicted molar refractivity (Wildman–Crippen MR) is 160 cm³/mol. The minimum atomic E-state index is -0.474. The van der Waals surface area contributed by atoms with Gasteiger partial charge in [0.1, 0.15) is 17.0 Å². The lowest BCUT2D eigenvalue weighted by Crippen LogP contribution is -2.11. The number of nitrogens with one attached hydrogen (secondary N) is 3. The number of fused-ring (bicyclic) bond motifs is 2. The van der Waals surface area contributed by atoms with Gasteiger partial charge in [0.05, 0.1) is 22.3 Å². The number of nitrogens with zero attached hydrogens (tertiary/aromatic N) is 4. The predicted octanol–water partition coefficient (Wildman–Crippen LogP) is 6.89. The van der Waals surface area contributed by atoms with E-state index in [9.17, 15) is 9.59 Å². The van der Waals surface area contributed by atoms with E-state index >= 15 is 4.39 Å². The van der Waals surface area contributed by atoms with Gasteiger partial charge in [-0.25, -0.2) is 14.4 Å². The zero-order valence-electron chi connectivity index (χ0n) is 22.0. The molecule has 0 bridgehead atoms. The van der Waals surface area contributed by atoms with E-state index in [1.807, 2.05) is 18.2 Å². The van der Waals surface area contributed by atoms with Gasteiger partial charge in [0.15, 0.2) is 17.3 Å². The second-order valence-corrected chi connectivity index (χ2v) is 10.7. The van der Waals surface area contributed by atoms with Crippen molar-refractivity contribution in [1.29, 1.82) is 0 Å². The molecule has 0 aliphatic heterocycles. The van der Waals surface area contributed by atoms with Crippen LogP contribution in [0.25, 0.3) is 55.2 Å². The average Bonchev–Trinajstić information content (AvgIpc) is 3.75. The molecule has 11 heteroatoms. The minimum Gasteiger partial charge on any atom is -0.321 e. The fraction of sp³-hybridized carbons (Fsp3) is 0.0323. The van der Waals surface area contributed by atoms with Crippen molar-refractivity contribution in [3.8, 4) is 33.1 Å². The molecule has 0 saturated carbocycles. The molecule has 0 aliphatic carbocycles. The van der Waals surface area contributed by atoms with Gasteiger partial charge in [-0.15, -0.1) is 11.3 Å². The summed E-state index contributed by atoms with van der Waals surface area (Å²) in [6.45, 7) is 1.54. The molecule has 5 heterocycles. The van der Waals surface area contributed by atoms with Gasteiger partial charge in [0.25, 0.3) is 5.91 Å². The van der Waals surface area contributed by atoms with E-state index < -0.39 is 5.82 Å². The quantitative estimate of drug-likeness (QED) is 0.186. The number of amides is 1. The number of halogens is 1. The first-order valence-corrected chi connectivity index (χ1v) is 13.7. The summed E-state index contributed by atoms with van der Waals surface area (Å²) in [6, 6.07) is 19.1. The van der Waals surface area contributed by atoms with E-state index in [0.29, 0.717) is 60.8 Å². The van der Waals surface area contributed by atoms with Crippen molar-refractivity contribution in [3.63, 3.8) is 0 Å². The maximum Gasteiger partial charge on any atom is 0.255 e. The maximum absolute atomic E-state index is 15.3. The fourth-order valence-electron chi connectivity index (χ4n) is 4.78. The number of thiophene rings is 1. The van der Waals surface area contributed by atoms with Gasteiger partial charge >= 0.3 is 0 Å². The number of hydrogen-bond acceptors (Lipinski definition) is 7. The number of rotatable bonds is 6. The van der Waals surface area contributed by atoms with Gasteiger partial charge in [0.2, 0.25) is 0 Å². The molecule has 0 unspecified atom stereocenters. The molecule has 204 valence electrons. The molecule has 1 amide bonds. The third kappa shape index (κ3) is 4.51. The molecule has 5 aromatic heterocycles. The molecule has 42 heavy (non-hydrogen) atoms. The van der Waals surface area contributed by atoms with Crippen LogP contribution in [0.1, 0.15) is 27.0 Å². The summed E-state index contributed by atoms with van der Waals surface area (Å²) in [5, 5.41) is 10.8. The van der Waals surface area contributed by atoms with Crippen LogP contribution < -0.4 is 5.32 Å². The van der Waals surface area contributed by atoms with Gasteiger partial charge in [-0.05, 0) is 49.4 Å². The Hall–Kier alpha value is -5.55. The van der Waals surface area contributed by atoms with Gasteiger partial charge in [-0.3, -0.25) is 19.7 Å². The molecule has 0 aliphatic rings. The summed E-state index contributed by atoms with van der Waals surface area (Å²) in [5.41, 5.74) is 4.73.